The van der Waals surface area contributed by atoms with E-state index in [1.807, 2.05) is 12.4 Å². The van der Waals surface area contributed by atoms with Crippen molar-refractivity contribution in [3.63, 3.8) is 0 Å². The molecule has 3 heteroatoms. The molecule has 1 aromatic heterocycles. The number of aryl methyl sites for hydroxylation is 1. The van der Waals surface area contributed by atoms with Crippen molar-refractivity contribution in [2.24, 2.45) is 0 Å². The molecule has 3 nitrogen and oxygen atoms in total. The molecule has 1 atom stereocenters. The van der Waals surface area contributed by atoms with Crippen molar-refractivity contribution in [3.8, 4) is 0 Å². The van der Waals surface area contributed by atoms with Gasteiger partial charge >= 0.3 is 0 Å². The molecule has 0 spiro atoms. The standard InChI is InChI=1S/C14H19N3/c1-3-11-5-7-12(8-6-11)14(4-2)17-13-9-15-16-10-13/h5-10,14,17H,3-4H2,1-2H3,(H,15,16). The van der Waals surface area contributed by atoms with E-state index in [1.54, 1.807) is 0 Å². The van der Waals surface area contributed by atoms with Crippen LogP contribution in [-0.4, -0.2) is 10.2 Å². The average Bonchev–Trinajstić information content (AvgIpc) is 2.89. The number of aromatic nitrogens is 2. The lowest BCUT2D eigenvalue weighted by molar-refractivity contribution is 0.749. The molecule has 2 rings (SSSR count). The number of nitrogens with zero attached hydrogens (tertiary/aromatic N) is 1. The molecule has 17 heavy (non-hydrogen) atoms. The van der Waals surface area contributed by atoms with Gasteiger partial charge in [0, 0.05) is 6.20 Å². The van der Waals surface area contributed by atoms with E-state index in [-0.39, 0.29) is 0 Å². The van der Waals surface area contributed by atoms with Crippen LogP contribution in [0.5, 0.6) is 0 Å². The Hall–Kier alpha value is -1.77. The molecule has 0 aliphatic carbocycles. The minimum Gasteiger partial charge on any atom is -0.376 e. The van der Waals surface area contributed by atoms with Crippen LogP contribution in [0.2, 0.25) is 0 Å². The lowest BCUT2D eigenvalue weighted by Crippen LogP contribution is -2.09. The summed E-state index contributed by atoms with van der Waals surface area (Å²) < 4.78 is 0. The quantitative estimate of drug-likeness (QED) is 0.823. The van der Waals surface area contributed by atoms with E-state index in [0.29, 0.717) is 6.04 Å². The van der Waals surface area contributed by atoms with Crippen LogP contribution in [0.4, 0.5) is 5.69 Å². The lowest BCUT2D eigenvalue weighted by Gasteiger charge is -2.17. The van der Waals surface area contributed by atoms with Crippen molar-refractivity contribution in [2.45, 2.75) is 32.7 Å². The van der Waals surface area contributed by atoms with Gasteiger partial charge in [0.25, 0.3) is 0 Å². The van der Waals surface area contributed by atoms with Gasteiger partial charge in [-0.15, -0.1) is 0 Å². The molecule has 0 radical (unpaired) electrons. The molecule has 90 valence electrons. The molecule has 0 amide bonds. The van der Waals surface area contributed by atoms with Crippen molar-refractivity contribution in [1.82, 2.24) is 10.2 Å². The molecule has 2 N–H and O–H groups in total. The van der Waals surface area contributed by atoms with Crippen LogP contribution in [0.1, 0.15) is 37.4 Å². The zero-order valence-corrected chi connectivity index (χ0v) is 10.4. The van der Waals surface area contributed by atoms with Crippen molar-refractivity contribution in [1.29, 1.82) is 0 Å². The Bertz CT molecular complexity index is 431. The molecule has 0 aliphatic rings. The minimum atomic E-state index is 0.346. The summed E-state index contributed by atoms with van der Waals surface area (Å²) in [5.41, 5.74) is 3.74. The number of hydrogen-bond acceptors (Lipinski definition) is 2. The first kappa shape index (κ1) is 11.7. The predicted octanol–water partition coefficient (Wildman–Crippen LogP) is 3.54. The van der Waals surface area contributed by atoms with Gasteiger partial charge in [0.05, 0.1) is 17.9 Å². The van der Waals surface area contributed by atoms with Crippen LogP contribution in [0, 0.1) is 0 Å². The maximum absolute atomic E-state index is 3.94. The highest BCUT2D eigenvalue weighted by molar-refractivity contribution is 5.41. The first-order valence-electron chi connectivity index (χ1n) is 6.17. The second-order valence-corrected chi connectivity index (χ2v) is 4.19. The summed E-state index contributed by atoms with van der Waals surface area (Å²) in [5, 5.41) is 10.2. The van der Waals surface area contributed by atoms with Gasteiger partial charge in [-0.25, -0.2) is 0 Å². The first-order valence-corrected chi connectivity index (χ1v) is 6.17. The van der Waals surface area contributed by atoms with E-state index >= 15 is 0 Å². The van der Waals surface area contributed by atoms with Gasteiger partial charge in [-0.05, 0) is 24.0 Å². The third kappa shape index (κ3) is 2.87. The SMILES string of the molecule is CCc1ccc(C(CC)Nc2cn[nH]c2)cc1. The molecule has 2 aromatic rings. The van der Waals surface area contributed by atoms with Crippen LogP contribution in [0.15, 0.2) is 36.7 Å². The van der Waals surface area contributed by atoms with Gasteiger partial charge in [0.2, 0.25) is 0 Å². The first-order chi connectivity index (χ1) is 8.33. The molecule has 1 unspecified atom stereocenters. The Balaban J connectivity index is 2.11. The normalized spacial score (nSPS) is 12.4. The summed E-state index contributed by atoms with van der Waals surface area (Å²) in [6.07, 6.45) is 5.83. The van der Waals surface area contributed by atoms with E-state index < -0.39 is 0 Å². The van der Waals surface area contributed by atoms with Crippen molar-refractivity contribution >= 4 is 5.69 Å². The van der Waals surface area contributed by atoms with Crippen molar-refractivity contribution in [2.75, 3.05) is 5.32 Å². The fourth-order valence-electron chi connectivity index (χ4n) is 1.94. The maximum Gasteiger partial charge on any atom is 0.0728 e. The van der Waals surface area contributed by atoms with E-state index in [1.165, 1.54) is 11.1 Å². The largest absolute Gasteiger partial charge is 0.376 e. The topological polar surface area (TPSA) is 40.7 Å². The Morgan fingerprint density at radius 1 is 1.24 bits per heavy atom. The number of nitrogens with one attached hydrogen (secondary N) is 2. The van der Waals surface area contributed by atoms with Crippen molar-refractivity contribution < 1.29 is 0 Å². The summed E-state index contributed by atoms with van der Waals surface area (Å²) in [6.45, 7) is 4.36. The lowest BCUT2D eigenvalue weighted by atomic mass is 10.0. The van der Waals surface area contributed by atoms with E-state index in [2.05, 4.69) is 53.6 Å². The molecule has 0 bridgehead atoms. The van der Waals surface area contributed by atoms with Gasteiger partial charge in [-0.2, -0.15) is 5.10 Å². The number of aromatic amines is 1. The molecular weight excluding hydrogens is 210 g/mol. The summed E-state index contributed by atoms with van der Waals surface area (Å²) in [6, 6.07) is 9.17. The molecule has 1 aromatic carbocycles. The summed E-state index contributed by atoms with van der Waals surface area (Å²) >= 11 is 0. The third-order valence-electron chi connectivity index (χ3n) is 3.04. The highest BCUT2D eigenvalue weighted by Gasteiger charge is 2.09. The molecule has 0 aliphatic heterocycles. The van der Waals surface area contributed by atoms with E-state index in [9.17, 15) is 0 Å². The average molecular weight is 229 g/mol. The monoisotopic (exact) mass is 229 g/mol. The number of rotatable bonds is 5. The molecular formula is C14H19N3. The number of benzene rings is 1. The predicted molar refractivity (Wildman–Crippen MR) is 71.1 cm³/mol. The Morgan fingerprint density at radius 3 is 2.53 bits per heavy atom. The third-order valence-corrected chi connectivity index (χ3v) is 3.04. The summed E-state index contributed by atoms with van der Waals surface area (Å²) in [5.74, 6) is 0. The fourth-order valence-corrected chi connectivity index (χ4v) is 1.94. The van der Waals surface area contributed by atoms with E-state index in [4.69, 9.17) is 0 Å². The molecule has 1 heterocycles. The van der Waals surface area contributed by atoms with Gasteiger partial charge < -0.3 is 5.32 Å². The Morgan fingerprint density at radius 2 is 2.00 bits per heavy atom. The zero-order valence-electron chi connectivity index (χ0n) is 10.4. The number of anilines is 1. The van der Waals surface area contributed by atoms with Gasteiger partial charge in [-0.3, -0.25) is 5.10 Å². The number of H-pyrrole nitrogens is 1. The summed E-state index contributed by atoms with van der Waals surface area (Å²) in [7, 11) is 0. The smallest absolute Gasteiger partial charge is 0.0728 e. The second kappa shape index (κ2) is 5.53. The van der Waals surface area contributed by atoms with Crippen LogP contribution in [0.3, 0.4) is 0 Å². The van der Waals surface area contributed by atoms with Crippen LogP contribution >= 0.6 is 0 Å². The van der Waals surface area contributed by atoms with E-state index in [0.717, 1.165) is 18.5 Å². The molecule has 0 saturated carbocycles. The molecule has 0 saturated heterocycles. The fraction of sp³-hybridized carbons (Fsp3) is 0.357. The Labute approximate surface area is 102 Å². The zero-order chi connectivity index (χ0) is 12.1. The van der Waals surface area contributed by atoms with Crippen LogP contribution in [-0.2, 0) is 6.42 Å². The van der Waals surface area contributed by atoms with Crippen molar-refractivity contribution in [3.05, 3.63) is 47.8 Å². The molecule has 0 fully saturated rings. The van der Waals surface area contributed by atoms with Crippen LogP contribution in [0.25, 0.3) is 0 Å². The highest BCUT2D eigenvalue weighted by Crippen LogP contribution is 2.22. The minimum absolute atomic E-state index is 0.346. The van der Waals surface area contributed by atoms with Crippen LogP contribution < -0.4 is 5.32 Å². The maximum atomic E-state index is 3.94. The summed E-state index contributed by atoms with van der Waals surface area (Å²) in [4.78, 5) is 0. The van der Waals surface area contributed by atoms with Gasteiger partial charge in [0.1, 0.15) is 0 Å². The highest BCUT2D eigenvalue weighted by atomic mass is 15.1. The second-order valence-electron chi connectivity index (χ2n) is 4.19. The Kier molecular flexibility index (Phi) is 3.81. The van der Waals surface area contributed by atoms with Gasteiger partial charge in [-0.1, -0.05) is 38.1 Å². The van der Waals surface area contributed by atoms with Gasteiger partial charge in [0.15, 0.2) is 0 Å². The number of hydrogen-bond donors (Lipinski definition) is 2.